The lowest BCUT2D eigenvalue weighted by atomic mass is 10.0. The van der Waals surface area contributed by atoms with Crippen LogP contribution in [0.2, 0.25) is 0 Å². The number of amides is 2. The van der Waals surface area contributed by atoms with Crippen molar-refractivity contribution in [2.75, 3.05) is 22.4 Å². The molecule has 0 radical (unpaired) electrons. The van der Waals surface area contributed by atoms with Crippen molar-refractivity contribution in [3.05, 3.63) is 95.6 Å². The second-order valence-electron chi connectivity index (χ2n) is 8.72. The van der Waals surface area contributed by atoms with Crippen molar-refractivity contribution >= 4 is 33.2 Å². The molecule has 0 spiro atoms. The van der Waals surface area contributed by atoms with Gasteiger partial charge in [0.1, 0.15) is 6.54 Å². The number of rotatable bonds is 9. The highest BCUT2D eigenvalue weighted by Crippen LogP contribution is 2.23. The molecule has 0 aliphatic heterocycles. The number of carbonyl (C=O) groups excluding carboxylic acids is 2. The van der Waals surface area contributed by atoms with E-state index in [1.54, 1.807) is 36.4 Å². The Morgan fingerprint density at radius 3 is 2.03 bits per heavy atom. The number of hydrogen-bond donors (Lipinski definition) is 2. The zero-order chi connectivity index (χ0) is 25.6. The Morgan fingerprint density at radius 2 is 1.43 bits per heavy atom. The average Bonchev–Trinajstić information content (AvgIpc) is 2.82. The van der Waals surface area contributed by atoms with Gasteiger partial charge >= 0.3 is 0 Å². The van der Waals surface area contributed by atoms with Crippen LogP contribution in [0.1, 0.15) is 54.2 Å². The number of nitrogens with one attached hydrogen (secondary N) is 2. The minimum absolute atomic E-state index is 0.234. The zero-order valence-corrected chi connectivity index (χ0v) is 21.2. The van der Waals surface area contributed by atoms with Gasteiger partial charge in [-0.25, -0.2) is 8.42 Å². The fourth-order valence-corrected chi connectivity index (χ4v) is 4.49. The molecule has 0 saturated heterocycles. The summed E-state index contributed by atoms with van der Waals surface area (Å²) < 4.78 is 26.0. The molecule has 0 bridgehead atoms. The Bertz CT molecular complexity index is 1270. The molecule has 3 aromatic rings. The van der Waals surface area contributed by atoms with E-state index in [2.05, 4.69) is 10.6 Å². The molecule has 0 fully saturated rings. The Labute approximate surface area is 207 Å². The average molecular weight is 494 g/mol. The number of sulfonamides is 1. The third kappa shape index (κ3) is 6.93. The summed E-state index contributed by atoms with van der Waals surface area (Å²) in [6, 6.07) is 23.0. The predicted octanol–water partition coefficient (Wildman–Crippen LogP) is 4.71. The highest BCUT2D eigenvalue weighted by atomic mass is 32.2. The van der Waals surface area contributed by atoms with Crippen LogP contribution in [-0.2, 0) is 14.8 Å². The van der Waals surface area contributed by atoms with E-state index in [4.69, 9.17) is 0 Å². The topological polar surface area (TPSA) is 95.6 Å². The smallest absolute Gasteiger partial charge is 0.253 e. The van der Waals surface area contributed by atoms with Gasteiger partial charge in [0.15, 0.2) is 0 Å². The van der Waals surface area contributed by atoms with Gasteiger partial charge in [0.05, 0.1) is 29.2 Å². The molecule has 0 saturated carbocycles. The van der Waals surface area contributed by atoms with Crippen LogP contribution < -0.4 is 14.9 Å². The van der Waals surface area contributed by atoms with Crippen LogP contribution in [0, 0.1) is 0 Å². The molecule has 3 rings (SSSR count). The lowest BCUT2D eigenvalue weighted by Gasteiger charge is -2.23. The Hall–Kier alpha value is -3.65. The summed E-state index contributed by atoms with van der Waals surface area (Å²) in [4.78, 5) is 25.8. The zero-order valence-electron chi connectivity index (χ0n) is 20.4. The monoisotopic (exact) mass is 493 g/mol. The molecule has 3 aromatic carbocycles. The number of para-hydroxylation sites is 1. The molecule has 7 nitrogen and oxygen atoms in total. The molecule has 0 aliphatic carbocycles. The van der Waals surface area contributed by atoms with Gasteiger partial charge in [-0.05, 0) is 48.2 Å². The maximum atomic E-state index is 13.0. The first kappa shape index (κ1) is 26.0. The predicted molar refractivity (Wildman–Crippen MR) is 140 cm³/mol. The summed E-state index contributed by atoms with van der Waals surface area (Å²) >= 11 is 0. The van der Waals surface area contributed by atoms with Crippen LogP contribution in [0.15, 0.2) is 78.9 Å². The van der Waals surface area contributed by atoms with Crippen molar-refractivity contribution < 1.29 is 18.0 Å². The molecule has 0 aromatic heterocycles. The van der Waals surface area contributed by atoms with Gasteiger partial charge in [-0.3, -0.25) is 13.9 Å². The van der Waals surface area contributed by atoms with E-state index in [-0.39, 0.29) is 17.5 Å². The molecule has 184 valence electrons. The lowest BCUT2D eigenvalue weighted by molar-refractivity contribution is -0.114. The molecular weight excluding hydrogens is 462 g/mol. The van der Waals surface area contributed by atoms with Gasteiger partial charge in [-0.2, -0.15) is 0 Å². The van der Waals surface area contributed by atoms with E-state index in [1.165, 1.54) is 0 Å². The van der Waals surface area contributed by atoms with Gasteiger partial charge in [-0.15, -0.1) is 0 Å². The molecule has 2 N–H and O–H groups in total. The fourth-order valence-electron chi connectivity index (χ4n) is 3.64. The summed E-state index contributed by atoms with van der Waals surface area (Å²) in [5.74, 6) is -0.604. The molecule has 0 heterocycles. The van der Waals surface area contributed by atoms with Gasteiger partial charge in [0.2, 0.25) is 15.9 Å². The van der Waals surface area contributed by atoms with E-state index in [9.17, 15) is 18.0 Å². The first-order chi connectivity index (χ1) is 16.6. The van der Waals surface area contributed by atoms with Crippen molar-refractivity contribution in [2.45, 2.75) is 32.7 Å². The Balaban J connectivity index is 1.76. The maximum Gasteiger partial charge on any atom is 0.253 e. The normalized spacial score (nSPS) is 12.1. The van der Waals surface area contributed by atoms with E-state index < -0.39 is 22.5 Å². The van der Waals surface area contributed by atoms with E-state index in [1.807, 2.05) is 63.2 Å². The first-order valence-corrected chi connectivity index (χ1v) is 13.2. The summed E-state index contributed by atoms with van der Waals surface area (Å²) in [6.07, 6.45) is 1.06. The van der Waals surface area contributed by atoms with Gasteiger partial charge in [0.25, 0.3) is 5.91 Å². The lowest BCUT2D eigenvalue weighted by Crippen LogP contribution is -2.37. The summed E-state index contributed by atoms with van der Waals surface area (Å²) in [6.45, 7) is 5.55. The summed E-state index contributed by atoms with van der Waals surface area (Å²) in [7, 11) is -3.72. The third-order valence-corrected chi connectivity index (χ3v) is 6.77. The van der Waals surface area contributed by atoms with Crippen LogP contribution in [0.3, 0.4) is 0 Å². The molecule has 8 heteroatoms. The van der Waals surface area contributed by atoms with Gasteiger partial charge < -0.3 is 10.6 Å². The standard InChI is InChI=1S/C27H31N3O4S/c1-19(2)21-14-16-23(17-15-21)30(35(4,33)34)18-26(31)29-25-13-9-8-12-24(25)27(32)28-20(3)22-10-6-5-7-11-22/h5-17,19-20H,18H2,1-4H3,(H,28,32)(H,29,31)/t20-/m0/s1. The minimum Gasteiger partial charge on any atom is -0.345 e. The summed E-state index contributed by atoms with van der Waals surface area (Å²) in [5, 5.41) is 5.64. The first-order valence-electron chi connectivity index (χ1n) is 11.4. The van der Waals surface area contributed by atoms with Crippen molar-refractivity contribution in [3.63, 3.8) is 0 Å². The van der Waals surface area contributed by atoms with Crippen molar-refractivity contribution in [1.82, 2.24) is 5.32 Å². The molecule has 0 unspecified atom stereocenters. The Kier molecular flexibility index (Phi) is 8.30. The molecule has 1 atom stereocenters. The van der Waals surface area contributed by atoms with Crippen molar-refractivity contribution in [3.8, 4) is 0 Å². The number of carbonyl (C=O) groups is 2. The van der Waals surface area contributed by atoms with Crippen LogP contribution in [0.25, 0.3) is 0 Å². The van der Waals surface area contributed by atoms with Crippen molar-refractivity contribution in [1.29, 1.82) is 0 Å². The van der Waals surface area contributed by atoms with Crippen LogP contribution in [-0.4, -0.2) is 33.0 Å². The van der Waals surface area contributed by atoms with Crippen LogP contribution >= 0.6 is 0 Å². The second-order valence-corrected chi connectivity index (χ2v) is 10.6. The van der Waals surface area contributed by atoms with E-state index >= 15 is 0 Å². The van der Waals surface area contributed by atoms with Crippen LogP contribution in [0.4, 0.5) is 11.4 Å². The Morgan fingerprint density at radius 1 is 0.829 bits per heavy atom. The van der Waals surface area contributed by atoms with Crippen LogP contribution in [0.5, 0.6) is 0 Å². The van der Waals surface area contributed by atoms with E-state index in [0.717, 1.165) is 21.7 Å². The van der Waals surface area contributed by atoms with Crippen molar-refractivity contribution in [2.24, 2.45) is 0 Å². The molecular formula is C27H31N3O4S. The molecule has 35 heavy (non-hydrogen) atoms. The highest BCUT2D eigenvalue weighted by Gasteiger charge is 2.22. The fraction of sp³-hybridized carbons (Fsp3) is 0.259. The number of nitrogens with zero attached hydrogens (tertiary/aromatic N) is 1. The van der Waals surface area contributed by atoms with E-state index in [0.29, 0.717) is 17.3 Å². The third-order valence-electron chi connectivity index (χ3n) is 5.63. The molecule has 2 amide bonds. The number of anilines is 2. The SMILES string of the molecule is CC(C)c1ccc(N(CC(=O)Nc2ccccc2C(=O)N[C@@H](C)c2ccccc2)S(C)(=O)=O)cc1. The van der Waals surface area contributed by atoms with Gasteiger partial charge in [0, 0.05) is 0 Å². The minimum atomic E-state index is -3.72. The second kappa shape index (κ2) is 11.2. The number of hydrogen-bond acceptors (Lipinski definition) is 4. The summed E-state index contributed by atoms with van der Waals surface area (Å²) in [5.41, 5.74) is 3.01. The quantitative estimate of drug-likeness (QED) is 0.451. The molecule has 0 aliphatic rings. The largest absolute Gasteiger partial charge is 0.345 e. The maximum absolute atomic E-state index is 13.0. The van der Waals surface area contributed by atoms with Gasteiger partial charge in [-0.1, -0.05) is 68.4 Å². The number of benzene rings is 3. The highest BCUT2D eigenvalue weighted by molar-refractivity contribution is 7.92.